The molecule has 1 unspecified atom stereocenters. The number of ether oxygens (including phenoxy) is 1. The van der Waals surface area contributed by atoms with Gasteiger partial charge in [0, 0.05) is 19.3 Å². The maximum Gasteiger partial charge on any atom is 0.248 e. The van der Waals surface area contributed by atoms with Gasteiger partial charge in [-0.15, -0.1) is 0 Å². The standard InChI is InChI=1S/C8H15NO3/c1-6(10)8(11)9-7-2-4-12-5-3-7/h6-7,10H,2-5H2,1H3,(H,9,11). The molecule has 0 radical (unpaired) electrons. The number of aliphatic hydroxyl groups excluding tert-OH is 1. The van der Waals surface area contributed by atoms with Crippen LogP contribution in [0.15, 0.2) is 0 Å². The highest BCUT2D eigenvalue weighted by atomic mass is 16.5. The smallest absolute Gasteiger partial charge is 0.248 e. The summed E-state index contributed by atoms with van der Waals surface area (Å²) in [6, 6.07) is 0.181. The van der Waals surface area contributed by atoms with E-state index < -0.39 is 6.10 Å². The van der Waals surface area contributed by atoms with Crippen LogP contribution in [0, 0.1) is 0 Å². The number of nitrogens with one attached hydrogen (secondary N) is 1. The molecule has 2 N–H and O–H groups in total. The van der Waals surface area contributed by atoms with Crippen LogP contribution < -0.4 is 5.32 Å². The maximum absolute atomic E-state index is 11.0. The molecule has 1 amide bonds. The normalized spacial score (nSPS) is 21.8. The average Bonchev–Trinajstić information content (AvgIpc) is 2.06. The summed E-state index contributed by atoms with van der Waals surface area (Å²) in [4.78, 5) is 11.0. The van der Waals surface area contributed by atoms with Gasteiger partial charge in [0.1, 0.15) is 6.10 Å². The van der Waals surface area contributed by atoms with E-state index in [9.17, 15) is 4.79 Å². The van der Waals surface area contributed by atoms with Crippen LogP contribution >= 0.6 is 0 Å². The molecule has 0 aromatic heterocycles. The Bertz CT molecular complexity index is 152. The molecule has 1 rings (SSSR count). The highest BCUT2D eigenvalue weighted by Gasteiger charge is 2.17. The zero-order chi connectivity index (χ0) is 8.97. The zero-order valence-electron chi connectivity index (χ0n) is 7.25. The van der Waals surface area contributed by atoms with E-state index in [1.807, 2.05) is 0 Å². The minimum atomic E-state index is -0.909. The second kappa shape index (κ2) is 4.42. The largest absolute Gasteiger partial charge is 0.384 e. The van der Waals surface area contributed by atoms with Crippen molar-refractivity contribution >= 4 is 5.91 Å². The van der Waals surface area contributed by atoms with Crippen molar-refractivity contribution in [2.45, 2.75) is 31.9 Å². The van der Waals surface area contributed by atoms with Crippen molar-refractivity contribution in [1.82, 2.24) is 5.32 Å². The van der Waals surface area contributed by atoms with Crippen LogP contribution in [0.5, 0.6) is 0 Å². The van der Waals surface area contributed by atoms with Gasteiger partial charge < -0.3 is 15.2 Å². The fourth-order valence-electron chi connectivity index (χ4n) is 1.16. The van der Waals surface area contributed by atoms with Crippen LogP contribution in [0.4, 0.5) is 0 Å². The molecule has 0 aromatic rings. The van der Waals surface area contributed by atoms with Crippen molar-refractivity contribution in [2.24, 2.45) is 0 Å². The monoisotopic (exact) mass is 173 g/mol. The van der Waals surface area contributed by atoms with Gasteiger partial charge in [0.25, 0.3) is 0 Å². The quantitative estimate of drug-likeness (QED) is 0.600. The first kappa shape index (κ1) is 9.48. The summed E-state index contributed by atoms with van der Waals surface area (Å²) in [6.45, 7) is 2.87. The van der Waals surface area contributed by atoms with Crippen molar-refractivity contribution in [2.75, 3.05) is 13.2 Å². The minimum absolute atomic E-state index is 0.181. The van der Waals surface area contributed by atoms with Gasteiger partial charge in [0.2, 0.25) is 5.91 Å². The molecule has 0 spiro atoms. The molecule has 4 heteroatoms. The van der Waals surface area contributed by atoms with Crippen molar-refractivity contribution < 1.29 is 14.6 Å². The summed E-state index contributed by atoms with van der Waals surface area (Å²) in [5, 5.41) is 11.7. The second-order valence-electron chi connectivity index (χ2n) is 3.07. The van der Waals surface area contributed by atoms with E-state index >= 15 is 0 Å². The molecule has 0 bridgehead atoms. The topological polar surface area (TPSA) is 58.6 Å². The molecule has 0 aliphatic carbocycles. The minimum Gasteiger partial charge on any atom is -0.384 e. The van der Waals surface area contributed by atoms with Gasteiger partial charge in [0.05, 0.1) is 0 Å². The summed E-state index contributed by atoms with van der Waals surface area (Å²) in [6.07, 6.45) is 0.782. The van der Waals surface area contributed by atoms with Crippen LogP contribution in [-0.2, 0) is 9.53 Å². The van der Waals surface area contributed by atoms with Crippen molar-refractivity contribution in [3.05, 3.63) is 0 Å². The Hall–Kier alpha value is -0.610. The predicted octanol–water partition coefficient (Wildman–Crippen LogP) is -0.338. The first-order valence-corrected chi connectivity index (χ1v) is 4.26. The Morgan fingerprint density at radius 2 is 2.17 bits per heavy atom. The lowest BCUT2D eigenvalue weighted by Gasteiger charge is -2.23. The molecule has 12 heavy (non-hydrogen) atoms. The number of carbonyl (C=O) groups is 1. The number of hydrogen-bond donors (Lipinski definition) is 2. The number of aliphatic hydroxyl groups is 1. The Morgan fingerprint density at radius 3 is 2.67 bits per heavy atom. The molecule has 0 saturated carbocycles. The predicted molar refractivity (Wildman–Crippen MR) is 43.7 cm³/mol. The molecule has 4 nitrogen and oxygen atoms in total. The molecular weight excluding hydrogens is 158 g/mol. The lowest BCUT2D eigenvalue weighted by Crippen LogP contribution is -2.43. The van der Waals surface area contributed by atoms with Gasteiger partial charge in [-0.2, -0.15) is 0 Å². The molecule has 1 saturated heterocycles. The number of carbonyl (C=O) groups excluding carboxylic acids is 1. The lowest BCUT2D eigenvalue weighted by molar-refractivity contribution is -0.129. The van der Waals surface area contributed by atoms with Crippen LogP contribution in [0.1, 0.15) is 19.8 Å². The van der Waals surface area contributed by atoms with Crippen molar-refractivity contribution in [3.63, 3.8) is 0 Å². The summed E-state index contributed by atoms with van der Waals surface area (Å²) in [7, 11) is 0. The van der Waals surface area contributed by atoms with Gasteiger partial charge in [0.15, 0.2) is 0 Å². The van der Waals surface area contributed by atoms with Crippen LogP contribution in [0.3, 0.4) is 0 Å². The van der Waals surface area contributed by atoms with E-state index in [0.717, 1.165) is 12.8 Å². The number of hydrogen-bond acceptors (Lipinski definition) is 3. The fourth-order valence-corrected chi connectivity index (χ4v) is 1.16. The van der Waals surface area contributed by atoms with E-state index in [1.165, 1.54) is 6.92 Å². The van der Waals surface area contributed by atoms with Gasteiger partial charge in [-0.05, 0) is 19.8 Å². The van der Waals surface area contributed by atoms with E-state index in [2.05, 4.69) is 5.32 Å². The molecule has 1 heterocycles. The molecule has 70 valence electrons. The molecule has 1 atom stereocenters. The van der Waals surface area contributed by atoms with E-state index in [4.69, 9.17) is 9.84 Å². The number of rotatable bonds is 2. The van der Waals surface area contributed by atoms with Gasteiger partial charge >= 0.3 is 0 Å². The fraction of sp³-hybridized carbons (Fsp3) is 0.875. The molecular formula is C8H15NO3. The SMILES string of the molecule is CC(O)C(=O)NC1CCOCC1. The average molecular weight is 173 g/mol. The van der Waals surface area contributed by atoms with Crippen LogP contribution in [0.25, 0.3) is 0 Å². The molecule has 1 aliphatic heterocycles. The summed E-state index contributed by atoms with van der Waals surface area (Å²) in [5.41, 5.74) is 0. The summed E-state index contributed by atoms with van der Waals surface area (Å²) < 4.78 is 5.13. The third kappa shape index (κ3) is 2.79. The Balaban J connectivity index is 2.24. The van der Waals surface area contributed by atoms with Gasteiger partial charge in [-0.3, -0.25) is 4.79 Å². The third-order valence-corrected chi connectivity index (χ3v) is 1.95. The zero-order valence-corrected chi connectivity index (χ0v) is 7.25. The molecule has 0 aromatic carbocycles. The first-order chi connectivity index (χ1) is 5.70. The highest BCUT2D eigenvalue weighted by Crippen LogP contribution is 2.05. The molecule has 1 aliphatic rings. The Kier molecular flexibility index (Phi) is 3.49. The summed E-state index contributed by atoms with van der Waals surface area (Å²) in [5.74, 6) is -0.290. The van der Waals surface area contributed by atoms with E-state index in [1.54, 1.807) is 0 Å². The number of amides is 1. The molecule has 1 fully saturated rings. The maximum atomic E-state index is 11.0. The van der Waals surface area contributed by atoms with Crippen molar-refractivity contribution in [3.8, 4) is 0 Å². The van der Waals surface area contributed by atoms with Crippen molar-refractivity contribution in [1.29, 1.82) is 0 Å². The van der Waals surface area contributed by atoms with Crippen LogP contribution in [0.2, 0.25) is 0 Å². The Labute approximate surface area is 71.9 Å². The van der Waals surface area contributed by atoms with E-state index in [0.29, 0.717) is 13.2 Å². The second-order valence-corrected chi connectivity index (χ2v) is 3.07. The highest BCUT2D eigenvalue weighted by molar-refractivity contribution is 5.80. The van der Waals surface area contributed by atoms with Gasteiger partial charge in [-0.1, -0.05) is 0 Å². The Morgan fingerprint density at radius 1 is 1.58 bits per heavy atom. The third-order valence-electron chi connectivity index (χ3n) is 1.95. The van der Waals surface area contributed by atoms with Crippen LogP contribution in [-0.4, -0.2) is 36.4 Å². The summed E-state index contributed by atoms with van der Waals surface area (Å²) >= 11 is 0. The van der Waals surface area contributed by atoms with Gasteiger partial charge in [-0.25, -0.2) is 0 Å². The lowest BCUT2D eigenvalue weighted by atomic mass is 10.1. The first-order valence-electron chi connectivity index (χ1n) is 4.26. The van der Waals surface area contributed by atoms with E-state index in [-0.39, 0.29) is 11.9 Å².